The Kier molecular flexibility index (Phi) is 5.39. The maximum absolute atomic E-state index is 12.7. The summed E-state index contributed by atoms with van der Waals surface area (Å²) < 4.78 is 10.2. The van der Waals surface area contributed by atoms with Crippen molar-refractivity contribution in [3.63, 3.8) is 0 Å². The van der Waals surface area contributed by atoms with Crippen LogP contribution in [0.3, 0.4) is 0 Å². The molecule has 0 bridgehead atoms. The molecule has 0 amide bonds. The molecule has 1 atom stereocenters. The highest BCUT2D eigenvalue weighted by Crippen LogP contribution is 2.27. The van der Waals surface area contributed by atoms with Crippen LogP contribution in [0.1, 0.15) is 44.7 Å². The van der Waals surface area contributed by atoms with Crippen molar-refractivity contribution in [1.82, 2.24) is 9.97 Å². The highest BCUT2D eigenvalue weighted by Gasteiger charge is 2.28. The van der Waals surface area contributed by atoms with Crippen LogP contribution in [0, 0.1) is 30.9 Å². The molecule has 0 aliphatic rings. The number of aryl methyl sites for hydroxylation is 2. The largest absolute Gasteiger partial charge is 0.474 e. The molecular weight excluding hydrogens is 342 g/mol. The van der Waals surface area contributed by atoms with Crippen LogP contribution in [-0.2, 0) is 4.74 Å². The summed E-state index contributed by atoms with van der Waals surface area (Å²) in [6.07, 6.45) is -1.03. The van der Waals surface area contributed by atoms with Gasteiger partial charge in [-0.25, -0.2) is 4.79 Å². The highest BCUT2D eigenvalue weighted by molar-refractivity contribution is 6.03. The normalized spacial score (nSPS) is 11.7. The number of methoxy groups -OCH3 is 1. The number of nitro groups is 1. The first-order valence-corrected chi connectivity index (χ1v) is 7.77. The van der Waals surface area contributed by atoms with E-state index in [4.69, 9.17) is 9.47 Å². The third kappa shape index (κ3) is 3.56. The minimum atomic E-state index is -1.03. The number of carbonyl (C=O) groups is 2. The molecule has 1 unspecified atom stereocenters. The Bertz CT molecular complexity index is 887. The molecule has 0 fully saturated rings. The van der Waals surface area contributed by atoms with Crippen molar-refractivity contribution < 1.29 is 24.0 Å². The lowest BCUT2D eigenvalue weighted by atomic mass is 10.1. The average molecular weight is 361 g/mol. The second-order valence-corrected chi connectivity index (χ2v) is 5.77. The first-order chi connectivity index (χ1) is 12.2. The number of ketones is 1. The van der Waals surface area contributed by atoms with Gasteiger partial charge >= 0.3 is 11.8 Å². The summed E-state index contributed by atoms with van der Waals surface area (Å²) in [5.74, 6) is -1.56. The molecule has 138 valence electrons. The molecule has 0 spiro atoms. The summed E-state index contributed by atoms with van der Waals surface area (Å²) >= 11 is 0. The van der Waals surface area contributed by atoms with E-state index in [9.17, 15) is 19.7 Å². The summed E-state index contributed by atoms with van der Waals surface area (Å²) in [5, 5.41) is 11.1. The lowest BCUT2D eigenvalue weighted by Gasteiger charge is -2.13. The number of hydrogen-bond acceptors (Lipinski definition) is 7. The van der Waals surface area contributed by atoms with Crippen LogP contribution in [0.25, 0.3) is 0 Å². The van der Waals surface area contributed by atoms with Crippen molar-refractivity contribution in [2.45, 2.75) is 33.8 Å². The van der Waals surface area contributed by atoms with E-state index in [1.54, 1.807) is 26.8 Å². The lowest BCUT2D eigenvalue weighted by molar-refractivity contribution is -0.390. The van der Waals surface area contributed by atoms with Gasteiger partial charge in [-0.1, -0.05) is 0 Å². The Morgan fingerprint density at radius 3 is 2.50 bits per heavy atom. The van der Waals surface area contributed by atoms with Gasteiger partial charge in [0.25, 0.3) is 0 Å². The van der Waals surface area contributed by atoms with E-state index in [1.807, 2.05) is 0 Å². The maximum Gasteiger partial charge on any atom is 0.406 e. The Labute approximate surface area is 149 Å². The molecule has 0 aliphatic carbocycles. The number of esters is 1. The second kappa shape index (κ2) is 7.34. The number of pyridine rings is 1. The van der Waals surface area contributed by atoms with Gasteiger partial charge in [-0.2, -0.15) is 0 Å². The molecule has 2 aromatic rings. The monoisotopic (exact) mass is 361 g/mol. The van der Waals surface area contributed by atoms with E-state index in [0.717, 1.165) is 0 Å². The van der Waals surface area contributed by atoms with Crippen molar-refractivity contribution in [2.24, 2.45) is 0 Å². The molecule has 0 aliphatic heterocycles. The summed E-state index contributed by atoms with van der Waals surface area (Å²) in [4.78, 5) is 41.7. The van der Waals surface area contributed by atoms with Gasteiger partial charge in [0.15, 0.2) is 6.10 Å². The Morgan fingerprint density at radius 2 is 1.92 bits per heavy atom. The molecule has 0 aromatic carbocycles. The number of nitrogens with one attached hydrogen (secondary N) is 1. The lowest BCUT2D eigenvalue weighted by Crippen LogP contribution is -2.25. The van der Waals surface area contributed by atoms with E-state index in [2.05, 4.69) is 9.97 Å². The van der Waals surface area contributed by atoms with E-state index in [1.165, 1.54) is 20.1 Å². The molecule has 9 heteroatoms. The van der Waals surface area contributed by atoms with Gasteiger partial charge in [0.1, 0.15) is 5.69 Å². The molecule has 0 saturated heterocycles. The summed E-state index contributed by atoms with van der Waals surface area (Å²) in [6, 6.07) is 2.95. The second-order valence-electron chi connectivity index (χ2n) is 5.77. The fraction of sp³-hybridized carbons (Fsp3) is 0.353. The van der Waals surface area contributed by atoms with Gasteiger partial charge in [-0.05, 0) is 48.4 Å². The molecule has 9 nitrogen and oxygen atoms in total. The molecule has 0 saturated carbocycles. The van der Waals surface area contributed by atoms with Crippen molar-refractivity contribution >= 4 is 17.6 Å². The zero-order valence-corrected chi connectivity index (χ0v) is 15.1. The number of aromatic nitrogens is 2. The van der Waals surface area contributed by atoms with E-state index in [-0.39, 0.29) is 17.0 Å². The van der Waals surface area contributed by atoms with Crippen LogP contribution < -0.4 is 4.74 Å². The molecule has 2 rings (SSSR count). The fourth-order valence-corrected chi connectivity index (χ4v) is 2.60. The van der Waals surface area contributed by atoms with Crippen LogP contribution >= 0.6 is 0 Å². The molecule has 26 heavy (non-hydrogen) atoms. The van der Waals surface area contributed by atoms with Gasteiger partial charge in [-0.3, -0.25) is 4.79 Å². The van der Waals surface area contributed by atoms with Gasteiger partial charge in [0.05, 0.1) is 18.4 Å². The number of ether oxygens (including phenoxy) is 2. The number of H-pyrrole nitrogens is 1. The zero-order valence-electron chi connectivity index (χ0n) is 15.1. The zero-order chi connectivity index (χ0) is 19.6. The number of Topliss-reactive ketones (excluding diaryl/α,β-unsaturated/α-hetero) is 1. The van der Waals surface area contributed by atoms with E-state index >= 15 is 0 Å². The smallest absolute Gasteiger partial charge is 0.406 e. The van der Waals surface area contributed by atoms with Gasteiger partial charge in [0.2, 0.25) is 11.5 Å². The molecule has 1 N–H and O–H groups in total. The van der Waals surface area contributed by atoms with Gasteiger partial charge in [0, 0.05) is 12.6 Å². The van der Waals surface area contributed by atoms with Crippen LogP contribution in [0.2, 0.25) is 0 Å². The average Bonchev–Trinajstić information content (AvgIpc) is 2.89. The number of rotatable bonds is 6. The third-order valence-electron chi connectivity index (χ3n) is 3.90. The van der Waals surface area contributed by atoms with Crippen LogP contribution in [0.4, 0.5) is 5.82 Å². The fourth-order valence-electron chi connectivity index (χ4n) is 2.60. The third-order valence-corrected chi connectivity index (χ3v) is 3.90. The van der Waals surface area contributed by atoms with Crippen molar-refractivity contribution in [3.05, 3.63) is 50.5 Å². The minimum absolute atomic E-state index is 0.101. The number of nitrogens with zero attached hydrogens (tertiary/aromatic N) is 2. The molecular formula is C17H19N3O6. The highest BCUT2D eigenvalue weighted by atomic mass is 16.6. The molecule has 2 heterocycles. The number of aromatic amines is 1. The van der Waals surface area contributed by atoms with Crippen LogP contribution in [0.15, 0.2) is 12.1 Å². The van der Waals surface area contributed by atoms with Gasteiger partial charge in [-0.15, -0.1) is 0 Å². The number of hydrogen-bond donors (Lipinski definition) is 1. The molecule has 0 radical (unpaired) electrons. The topological polar surface area (TPSA) is 124 Å². The summed E-state index contributed by atoms with van der Waals surface area (Å²) in [7, 11) is 1.25. The quantitative estimate of drug-likeness (QED) is 0.363. The maximum atomic E-state index is 12.7. The first-order valence-electron chi connectivity index (χ1n) is 7.77. The molecule has 2 aromatic heterocycles. The van der Waals surface area contributed by atoms with Crippen molar-refractivity contribution in [2.75, 3.05) is 7.11 Å². The van der Waals surface area contributed by atoms with Crippen molar-refractivity contribution in [1.29, 1.82) is 0 Å². The van der Waals surface area contributed by atoms with E-state index in [0.29, 0.717) is 17.0 Å². The van der Waals surface area contributed by atoms with Crippen LogP contribution in [0.5, 0.6) is 5.75 Å². The predicted molar refractivity (Wildman–Crippen MR) is 91.7 cm³/mol. The van der Waals surface area contributed by atoms with E-state index < -0.39 is 28.6 Å². The predicted octanol–water partition coefficient (Wildman–Crippen LogP) is 2.68. The first kappa shape index (κ1) is 19.1. The van der Waals surface area contributed by atoms with Crippen LogP contribution in [-0.4, -0.2) is 39.9 Å². The Hall–Kier alpha value is -3.23. The summed E-state index contributed by atoms with van der Waals surface area (Å²) in [5.41, 5.74) is 1.87. The van der Waals surface area contributed by atoms with Crippen molar-refractivity contribution in [3.8, 4) is 5.75 Å². The number of carbonyl (C=O) groups excluding carboxylic acids is 2. The Balaban J connectivity index is 2.32. The Morgan fingerprint density at radius 1 is 1.27 bits per heavy atom. The SMILES string of the molecule is COC(=O)c1c(C)[nH]c(C(=O)C(C)Oc2ccc(C)nc2[N+](=O)[O-])c1C. The minimum Gasteiger partial charge on any atom is -0.474 e. The summed E-state index contributed by atoms with van der Waals surface area (Å²) in [6.45, 7) is 6.35. The standard InChI is InChI=1S/C17H19N3O6/c1-8-6-7-12(16(18-8)20(23)24)26-11(4)15(21)14-9(2)13(10(3)19-14)17(22)25-5/h6-7,11,19H,1-5H3. The van der Waals surface area contributed by atoms with Gasteiger partial charge < -0.3 is 24.6 Å².